The van der Waals surface area contributed by atoms with E-state index in [0.717, 1.165) is 41.3 Å². The Balaban J connectivity index is 1.27. The van der Waals surface area contributed by atoms with Crippen LogP contribution < -0.4 is 15.4 Å². The summed E-state index contributed by atoms with van der Waals surface area (Å²) in [5.41, 5.74) is 5.72. The summed E-state index contributed by atoms with van der Waals surface area (Å²) >= 11 is 1.50. The fourth-order valence-electron chi connectivity index (χ4n) is 3.73. The van der Waals surface area contributed by atoms with Gasteiger partial charge in [0.1, 0.15) is 5.75 Å². The molecule has 0 saturated carbocycles. The van der Waals surface area contributed by atoms with E-state index in [-0.39, 0.29) is 12.5 Å². The molecule has 4 rings (SSSR count). The number of ether oxygens (including phenoxy) is 1. The van der Waals surface area contributed by atoms with Gasteiger partial charge in [-0.05, 0) is 40.8 Å². The standard InChI is InChI=1S/C28H30N4O3S/c1-20-25(24-10-4-3-5-11-24)12-7-13-26(20)34-18-27-31-32-28(35-27)36-19-23-9-6-8-22(16-23)17-29-14-15-30-21(2)33/h3-13,16,29H,14-15,17-19H2,1-2H3,(H,30,33). The number of hydrogen-bond acceptors (Lipinski definition) is 7. The highest BCUT2D eigenvalue weighted by Crippen LogP contribution is 2.30. The van der Waals surface area contributed by atoms with Crippen LogP contribution in [0, 0.1) is 6.92 Å². The molecule has 7 nitrogen and oxygen atoms in total. The third-order valence-electron chi connectivity index (χ3n) is 5.53. The van der Waals surface area contributed by atoms with Crippen LogP contribution in [0.2, 0.25) is 0 Å². The number of aromatic nitrogens is 2. The number of rotatable bonds is 12. The van der Waals surface area contributed by atoms with E-state index >= 15 is 0 Å². The van der Waals surface area contributed by atoms with Crippen LogP contribution >= 0.6 is 11.8 Å². The molecule has 4 aromatic rings. The van der Waals surface area contributed by atoms with E-state index < -0.39 is 0 Å². The van der Waals surface area contributed by atoms with E-state index in [1.165, 1.54) is 29.8 Å². The maximum Gasteiger partial charge on any atom is 0.277 e. The Morgan fingerprint density at radius 3 is 2.61 bits per heavy atom. The van der Waals surface area contributed by atoms with Crippen molar-refractivity contribution in [3.05, 3.63) is 95.4 Å². The highest BCUT2D eigenvalue weighted by Gasteiger charge is 2.11. The average molecular weight is 503 g/mol. The van der Waals surface area contributed by atoms with Gasteiger partial charge in [-0.2, -0.15) is 0 Å². The van der Waals surface area contributed by atoms with Crippen LogP contribution in [-0.2, 0) is 23.7 Å². The van der Waals surface area contributed by atoms with E-state index in [4.69, 9.17) is 9.15 Å². The van der Waals surface area contributed by atoms with Crippen molar-refractivity contribution in [3.63, 3.8) is 0 Å². The van der Waals surface area contributed by atoms with E-state index in [1.807, 2.05) is 36.4 Å². The average Bonchev–Trinajstić information content (AvgIpc) is 3.35. The van der Waals surface area contributed by atoms with Gasteiger partial charge in [-0.25, -0.2) is 0 Å². The van der Waals surface area contributed by atoms with Crippen molar-refractivity contribution >= 4 is 17.7 Å². The predicted octanol–water partition coefficient (Wildman–Crippen LogP) is 5.14. The van der Waals surface area contributed by atoms with E-state index in [1.54, 1.807) is 0 Å². The molecule has 0 radical (unpaired) electrons. The van der Waals surface area contributed by atoms with Crippen molar-refractivity contribution in [1.29, 1.82) is 0 Å². The van der Waals surface area contributed by atoms with Gasteiger partial charge in [-0.15, -0.1) is 10.2 Å². The summed E-state index contributed by atoms with van der Waals surface area (Å²) in [6, 6.07) is 24.7. The fraction of sp³-hybridized carbons (Fsp3) is 0.250. The lowest BCUT2D eigenvalue weighted by Crippen LogP contribution is -2.29. The van der Waals surface area contributed by atoms with Crippen LogP contribution in [0.5, 0.6) is 5.75 Å². The first kappa shape index (κ1) is 25.5. The van der Waals surface area contributed by atoms with E-state index in [9.17, 15) is 4.79 Å². The van der Waals surface area contributed by atoms with Crippen LogP contribution in [0.1, 0.15) is 29.5 Å². The second-order valence-corrected chi connectivity index (χ2v) is 9.24. The molecule has 2 N–H and O–H groups in total. The summed E-state index contributed by atoms with van der Waals surface area (Å²) < 4.78 is 11.8. The first-order valence-electron chi connectivity index (χ1n) is 11.8. The highest BCUT2D eigenvalue weighted by atomic mass is 32.2. The van der Waals surface area contributed by atoms with Gasteiger partial charge in [-0.3, -0.25) is 4.79 Å². The Labute approximate surface area is 215 Å². The van der Waals surface area contributed by atoms with Crippen molar-refractivity contribution in [2.24, 2.45) is 0 Å². The Kier molecular flexibility index (Phi) is 9.13. The Bertz CT molecular complexity index is 1280. The minimum absolute atomic E-state index is 0.0149. The number of carbonyl (C=O) groups is 1. The molecule has 186 valence electrons. The molecule has 1 aromatic heterocycles. The van der Waals surface area contributed by atoms with Crippen LogP contribution in [0.4, 0.5) is 0 Å². The molecule has 0 aliphatic carbocycles. The van der Waals surface area contributed by atoms with Crippen LogP contribution in [-0.4, -0.2) is 29.2 Å². The third-order valence-corrected chi connectivity index (χ3v) is 6.42. The van der Waals surface area contributed by atoms with Crippen molar-refractivity contribution in [3.8, 4) is 16.9 Å². The van der Waals surface area contributed by atoms with Crippen LogP contribution in [0.3, 0.4) is 0 Å². The van der Waals surface area contributed by atoms with Crippen molar-refractivity contribution in [2.45, 2.75) is 38.0 Å². The minimum atomic E-state index is -0.0149. The molecule has 8 heteroatoms. The van der Waals surface area contributed by atoms with Gasteiger partial charge in [0.05, 0.1) is 0 Å². The highest BCUT2D eigenvalue weighted by molar-refractivity contribution is 7.98. The molecule has 0 aliphatic rings. The fourth-order valence-corrected chi connectivity index (χ4v) is 4.45. The second-order valence-electron chi connectivity index (χ2n) is 8.31. The number of nitrogens with one attached hydrogen (secondary N) is 2. The zero-order valence-corrected chi connectivity index (χ0v) is 21.3. The van der Waals surface area contributed by atoms with Crippen molar-refractivity contribution < 1.29 is 13.9 Å². The molecule has 3 aromatic carbocycles. The maximum absolute atomic E-state index is 10.9. The normalized spacial score (nSPS) is 10.8. The van der Waals surface area contributed by atoms with Crippen molar-refractivity contribution in [2.75, 3.05) is 13.1 Å². The molecular formula is C28H30N4O3S. The van der Waals surface area contributed by atoms with Gasteiger partial charge >= 0.3 is 0 Å². The molecule has 0 spiro atoms. The summed E-state index contributed by atoms with van der Waals surface area (Å²) in [6.45, 7) is 5.87. The van der Waals surface area contributed by atoms with Gasteiger partial charge in [0.2, 0.25) is 5.91 Å². The quantitative estimate of drug-likeness (QED) is 0.205. The summed E-state index contributed by atoms with van der Waals surface area (Å²) in [7, 11) is 0. The van der Waals surface area contributed by atoms with Gasteiger partial charge in [-0.1, -0.05) is 78.5 Å². The molecule has 0 aliphatic heterocycles. The first-order chi connectivity index (χ1) is 17.6. The SMILES string of the molecule is CC(=O)NCCNCc1cccc(CSc2nnc(COc3cccc(-c4ccccc4)c3C)o2)c1. The van der Waals surface area contributed by atoms with Crippen molar-refractivity contribution in [1.82, 2.24) is 20.8 Å². The lowest BCUT2D eigenvalue weighted by molar-refractivity contribution is -0.118. The maximum atomic E-state index is 10.9. The van der Waals surface area contributed by atoms with E-state index in [0.29, 0.717) is 17.7 Å². The lowest BCUT2D eigenvalue weighted by atomic mass is 10.00. The molecular weight excluding hydrogens is 472 g/mol. The monoisotopic (exact) mass is 502 g/mol. The number of nitrogens with zero attached hydrogens (tertiary/aromatic N) is 2. The Morgan fingerprint density at radius 1 is 0.972 bits per heavy atom. The molecule has 36 heavy (non-hydrogen) atoms. The smallest absolute Gasteiger partial charge is 0.277 e. The van der Waals surface area contributed by atoms with Gasteiger partial charge in [0, 0.05) is 32.3 Å². The zero-order valence-electron chi connectivity index (χ0n) is 20.5. The minimum Gasteiger partial charge on any atom is -0.484 e. The van der Waals surface area contributed by atoms with Gasteiger partial charge < -0.3 is 19.8 Å². The predicted molar refractivity (Wildman–Crippen MR) is 142 cm³/mol. The molecule has 0 atom stereocenters. The van der Waals surface area contributed by atoms with Crippen LogP contribution in [0.15, 0.2) is 82.4 Å². The topological polar surface area (TPSA) is 89.3 Å². The molecule has 0 fully saturated rings. The molecule has 1 heterocycles. The Hall–Kier alpha value is -3.62. The van der Waals surface area contributed by atoms with Gasteiger partial charge in [0.15, 0.2) is 6.61 Å². The lowest BCUT2D eigenvalue weighted by Gasteiger charge is -2.11. The number of carbonyl (C=O) groups excluding carboxylic acids is 1. The Morgan fingerprint density at radius 2 is 1.78 bits per heavy atom. The molecule has 0 bridgehead atoms. The largest absolute Gasteiger partial charge is 0.484 e. The van der Waals surface area contributed by atoms with E-state index in [2.05, 4.69) is 64.2 Å². The van der Waals surface area contributed by atoms with Gasteiger partial charge in [0.25, 0.3) is 11.1 Å². The third kappa shape index (κ3) is 7.44. The number of thioether (sulfide) groups is 1. The number of benzene rings is 3. The number of amides is 1. The second kappa shape index (κ2) is 12.9. The first-order valence-corrected chi connectivity index (χ1v) is 12.8. The zero-order chi connectivity index (χ0) is 25.2. The summed E-state index contributed by atoms with van der Waals surface area (Å²) in [4.78, 5) is 10.9. The van der Waals surface area contributed by atoms with Crippen LogP contribution in [0.25, 0.3) is 11.1 Å². The molecule has 0 unspecified atom stereocenters. The number of hydrogen-bond donors (Lipinski definition) is 2. The molecule has 0 saturated heterocycles. The summed E-state index contributed by atoms with van der Waals surface area (Å²) in [5.74, 6) is 1.95. The summed E-state index contributed by atoms with van der Waals surface area (Å²) in [6.07, 6.45) is 0. The molecule has 1 amide bonds. The summed E-state index contributed by atoms with van der Waals surface area (Å²) in [5, 5.41) is 14.9.